The van der Waals surface area contributed by atoms with E-state index in [1.165, 1.54) is 12.1 Å². The molecule has 1 saturated heterocycles. The van der Waals surface area contributed by atoms with Crippen LogP contribution < -0.4 is 0 Å². The maximum Gasteiger partial charge on any atom is 0.228 e. The van der Waals surface area contributed by atoms with Crippen molar-refractivity contribution in [1.82, 2.24) is 14.7 Å². The van der Waals surface area contributed by atoms with Gasteiger partial charge in [0.05, 0.1) is 12.0 Å². The molecule has 2 amide bonds. The molecule has 6 heteroatoms. The van der Waals surface area contributed by atoms with Crippen molar-refractivity contribution >= 4 is 11.8 Å². The van der Waals surface area contributed by atoms with Gasteiger partial charge in [0.1, 0.15) is 5.82 Å². The fourth-order valence-corrected chi connectivity index (χ4v) is 3.79. The zero-order valence-corrected chi connectivity index (χ0v) is 15.2. The lowest BCUT2D eigenvalue weighted by Crippen LogP contribution is -2.43. The largest absolute Gasteiger partial charge is 0.341 e. The van der Waals surface area contributed by atoms with Crippen molar-refractivity contribution in [2.24, 2.45) is 5.92 Å². The first-order chi connectivity index (χ1) is 11.9. The number of carbonyl (C=O) groups excluding carboxylic acids is 2. The summed E-state index contributed by atoms with van der Waals surface area (Å²) in [6.45, 7) is 4.50. The van der Waals surface area contributed by atoms with Crippen LogP contribution >= 0.6 is 0 Å². The van der Waals surface area contributed by atoms with Gasteiger partial charge in [-0.25, -0.2) is 4.39 Å². The molecule has 2 aliphatic rings. The highest BCUT2D eigenvalue weighted by Crippen LogP contribution is 2.32. The van der Waals surface area contributed by atoms with E-state index in [9.17, 15) is 14.0 Å². The molecular weight excluding hydrogens is 321 g/mol. The van der Waals surface area contributed by atoms with E-state index in [-0.39, 0.29) is 36.0 Å². The van der Waals surface area contributed by atoms with Crippen molar-refractivity contribution in [2.75, 3.05) is 40.3 Å². The maximum absolute atomic E-state index is 13.6. The Labute approximate surface area is 148 Å². The third kappa shape index (κ3) is 3.68. The van der Waals surface area contributed by atoms with Crippen molar-refractivity contribution in [2.45, 2.75) is 25.8 Å². The van der Waals surface area contributed by atoms with Crippen molar-refractivity contribution in [3.8, 4) is 0 Å². The normalized spacial score (nSPS) is 23.3. The van der Waals surface area contributed by atoms with Crippen LogP contribution in [0.15, 0.2) is 18.2 Å². The number of hydrogen-bond acceptors (Lipinski definition) is 3. The number of likely N-dealkylation sites (N-methyl/N-ethyl adjacent to an activating group) is 1. The van der Waals surface area contributed by atoms with Crippen LogP contribution in [0, 0.1) is 11.7 Å². The van der Waals surface area contributed by atoms with Crippen LogP contribution in [0.3, 0.4) is 0 Å². The molecule has 136 valence electrons. The summed E-state index contributed by atoms with van der Waals surface area (Å²) in [4.78, 5) is 30.8. The minimum absolute atomic E-state index is 0.0168. The molecule has 25 heavy (non-hydrogen) atoms. The topological polar surface area (TPSA) is 43.9 Å². The van der Waals surface area contributed by atoms with E-state index < -0.39 is 0 Å². The second-order valence-electron chi connectivity index (χ2n) is 7.34. The minimum Gasteiger partial charge on any atom is -0.341 e. The van der Waals surface area contributed by atoms with Gasteiger partial charge in [0, 0.05) is 32.6 Å². The smallest absolute Gasteiger partial charge is 0.228 e. The maximum atomic E-state index is 13.6. The first-order valence-corrected chi connectivity index (χ1v) is 8.88. The van der Waals surface area contributed by atoms with E-state index in [1.807, 2.05) is 36.9 Å². The standard InChI is InChI=1S/C19H26FN3O2/c1-13-17-11-16(20)5-4-14(17)6-7-23(13)19(25)15-10-18(24)22(12-15)9-8-21(2)3/h4-5,11,13,15H,6-10,12H2,1-3H3. The molecule has 0 aliphatic carbocycles. The average Bonchev–Trinajstić information content (AvgIpc) is 2.94. The first kappa shape index (κ1) is 17.9. The molecule has 5 nitrogen and oxygen atoms in total. The van der Waals surface area contributed by atoms with Crippen molar-refractivity contribution in [3.05, 3.63) is 35.1 Å². The van der Waals surface area contributed by atoms with E-state index in [1.54, 1.807) is 4.90 Å². The molecule has 0 N–H and O–H groups in total. The highest BCUT2D eigenvalue weighted by molar-refractivity contribution is 5.89. The Morgan fingerprint density at radius 1 is 1.36 bits per heavy atom. The Balaban J connectivity index is 1.69. The molecule has 1 aromatic carbocycles. The van der Waals surface area contributed by atoms with Gasteiger partial charge in [-0.2, -0.15) is 0 Å². The van der Waals surface area contributed by atoms with E-state index in [2.05, 4.69) is 0 Å². The van der Waals surface area contributed by atoms with E-state index in [4.69, 9.17) is 0 Å². The summed E-state index contributed by atoms with van der Waals surface area (Å²) in [5.41, 5.74) is 1.99. The van der Waals surface area contributed by atoms with Gasteiger partial charge in [-0.3, -0.25) is 9.59 Å². The zero-order valence-electron chi connectivity index (χ0n) is 15.2. The van der Waals surface area contributed by atoms with Crippen LogP contribution in [0.25, 0.3) is 0 Å². The first-order valence-electron chi connectivity index (χ1n) is 8.88. The van der Waals surface area contributed by atoms with Gasteiger partial charge in [0.15, 0.2) is 0 Å². The van der Waals surface area contributed by atoms with E-state index >= 15 is 0 Å². The van der Waals surface area contributed by atoms with Gasteiger partial charge in [-0.05, 0) is 50.7 Å². The van der Waals surface area contributed by atoms with Gasteiger partial charge in [0.2, 0.25) is 11.8 Å². The van der Waals surface area contributed by atoms with Gasteiger partial charge in [0.25, 0.3) is 0 Å². The lowest BCUT2D eigenvalue weighted by molar-refractivity contribution is -0.138. The molecule has 2 aliphatic heterocycles. The fraction of sp³-hybridized carbons (Fsp3) is 0.579. The number of hydrogen-bond donors (Lipinski definition) is 0. The predicted molar refractivity (Wildman–Crippen MR) is 93.5 cm³/mol. The summed E-state index contributed by atoms with van der Waals surface area (Å²) in [6, 6.07) is 4.66. The van der Waals surface area contributed by atoms with Crippen LogP contribution in [0.4, 0.5) is 4.39 Å². The van der Waals surface area contributed by atoms with Crippen LogP contribution in [0.5, 0.6) is 0 Å². The summed E-state index contributed by atoms with van der Waals surface area (Å²) in [5.74, 6) is -0.488. The Hall–Kier alpha value is -1.95. The number of benzene rings is 1. The number of rotatable bonds is 4. The van der Waals surface area contributed by atoms with Crippen molar-refractivity contribution in [3.63, 3.8) is 0 Å². The molecule has 0 radical (unpaired) electrons. The third-order valence-electron chi connectivity index (χ3n) is 5.31. The summed E-state index contributed by atoms with van der Waals surface area (Å²) in [7, 11) is 3.93. The minimum atomic E-state index is -0.285. The fourth-order valence-electron chi connectivity index (χ4n) is 3.79. The summed E-state index contributed by atoms with van der Waals surface area (Å²) in [5, 5.41) is 0. The van der Waals surface area contributed by atoms with Crippen LogP contribution in [-0.2, 0) is 16.0 Å². The van der Waals surface area contributed by atoms with E-state index in [0.29, 0.717) is 19.6 Å². The molecule has 3 rings (SSSR count). The van der Waals surface area contributed by atoms with Crippen molar-refractivity contribution in [1.29, 1.82) is 0 Å². The highest BCUT2D eigenvalue weighted by Gasteiger charge is 2.38. The van der Waals surface area contributed by atoms with Crippen LogP contribution in [0.1, 0.15) is 30.5 Å². The molecular formula is C19H26FN3O2. The number of likely N-dealkylation sites (tertiary alicyclic amines) is 1. The molecule has 2 heterocycles. The molecule has 0 bridgehead atoms. The summed E-state index contributed by atoms with van der Waals surface area (Å²) in [6.07, 6.45) is 1.02. The number of amides is 2. The molecule has 2 unspecified atom stereocenters. The number of carbonyl (C=O) groups is 2. The van der Waals surface area contributed by atoms with E-state index in [0.717, 1.165) is 24.1 Å². The average molecular weight is 347 g/mol. The molecule has 2 atom stereocenters. The molecule has 0 aromatic heterocycles. The number of halogens is 1. The summed E-state index contributed by atoms with van der Waals surface area (Å²) < 4.78 is 13.6. The monoisotopic (exact) mass is 347 g/mol. The SMILES string of the molecule is CC1c2cc(F)ccc2CCN1C(=O)C1CC(=O)N(CCN(C)C)C1. The third-order valence-corrected chi connectivity index (χ3v) is 5.31. The second-order valence-corrected chi connectivity index (χ2v) is 7.34. The Morgan fingerprint density at radius 2 is 2.12 bits per heavy atom. The Morgan fingerprint density at radius 3 is 2.84 bits per heavy atom. The zero-order chi connectivity index (χ0) is 18.1. The van der Waals surface area contributed by atoms with Gasteiger partial charge >= 0.3 is 0 Å². The molecule has 0 saturated carbocycles. The molecule has 1 fully saturated rings. The van der Waals surface area contributed by atoms with Crippen molar-refractivity contribution < 1.29 is 14.0 Å². The van der Waals surface area contributed by atoms with Gasteiger partial charge in [-0.1, -0.05) is 6.07 Å². The van der Waals surface area contributed by atoms with Gasteiger partial charge in [-0.15, -0.1) is 0 Å². The highest BCUT2D eigenvalue weighted by atomic mass is 19.1. The lowest BCUT2D eigenvalue weighted by Gasteiger charge is -2.36. The molecule has 1 aromatic rings. The summed E-state index contributed by atoms with van der Waals surface area (Å²) >= 11 is 0. The second kappa shape index (κ2) is 7.12. The molecule has 0 spiro atoms. The predicted octanol–water partition coefficient (Wildman–Crippen LogP) is 1.68. The van der Waals surface area contributed by atoms with Gasteiger partial charge < -0.3 is 14.7 Å². The Bertz CT molecular complexity index is 677. The van der Waals surface area contributed by atoms with Crippen LogP contribution in [0.2, 0.25) is 0 Å². The van der Waals surface area contributed by atoms with Crippen LogP contribution in [-0.4, -0.2) is 66.8 Å². The number of nitrogens with zero attached hydrogens (tertiary/aromatic N) is 3. The Kier molecular flexibility index (Phi) is 5.08. The quantitative estimate of drug-likeness (QED) is 0.832. The lowest BCUT2D eigenvalue weighted by atomic mass is 9.92. The number of fused-ring (bicyclic) bond motifs is 1.